The molecule has 2 unspecified atom stereocenters. The zero-order valence-corrected chi connectivity index (χ0v) is 15.9. The highest BCUT2D eigenvalue weighted by Gasteiger charge is 2.29. The van der Waals surface area contributed by atoms with Crippen LogP contribution >= 0.6 is 0 Å². The Hall–Kier alpha value is -1.67. The Morgan fingerprint density at radius 2 is 1.35 bits per heavy atom. The summed E-state index contributed by atoms with van der Waals surface area (Å²) < 4.78 is 13.8. The number of hydrogen-bond acceptors (Lipinski definition) is 5. The van der Waals surface area contributed by atoms with Crippen LogP contribution in [0.5, 0.6) is 0 Å². The molecule has 0 radical (unpaired) electrons. The van der Waals surface area contributed by atoms with E-state index in [1.807, 2.05) is 0 Å². The van der Waals surface area contributed by atoms with Crippen molar-refractivity contribution in [2.24, 2.45) is 5.41 Å². The number of rotatable bonds is 10. The van der Waals surface area contributed by atoms with Crippen LogP contribution in [-0.2, 0) is 29.1 Å². The van der Waals surface area contributed by atoms with E-state index in [9.17, 15) is 14.4 Å². The zero-order valence-electron chi connectivity index (χ0n) is 15.9. The number of nitrogens with zero attached hydrogens (tertiary/aromatic N) is 3. The Balaban J connectivity index is 1.86. The van der Waals surface area contributed by atoms with Crippen LogP contribution in [0, 0.1) is 5.41 Å². The van der Waals surface area contributed by atoms with Crippen molar-refractivity contribution in [2.45, 2.75) is 78.3 Å². The first kappa shape index (κ1) is 19.1. The molecule has 0 amide bonds. The minimum Gasteiger partial charge on any atom is -0.371 e. The Morgan fingerprint density at radius 1 is 0.885 bits per heavy atom. The van der Waals surface area contributed by atoms with Crippen LogP contribution in [0.3, 0.4) is 0 Å². The van der Waals surface area contributed by atoms with E-state index in [0.717, 1.165) is 34.8 Å². The van der Waals surface area contributed by atoms with E-state index in [4.69, 9.17) is 9.47 Å². The van der Waals surface area contributed by atoms with E-state index in [1.54, 1.807) is 0 Å². The second-order valence-electron chi connectivity index (χ2n) is 8.15. The van der Waals surface area contributed by atoms with Gasteiger partial charge in [-0.15, -0.1) is 0 Å². The summed E-state index contributed by atoms with van der Waals surface area (Å²) in [6.45, 7) is 8.36. The van der Waals surface area contributed by atoms with Crippen LogP contribution in [0.1, 0.15) is 46.5 Å². The molecule has 8 heteroatoms. The lowest BCUT2D eigenvalue weighted by atomic mass is 9.83. The Bertz CT molecular complexity index is 759. The quantitative estimate of drug-likeness (QED) is 0.564. The van der Waals surface area contributed by atoms with Gasteiger partial charge in [-0.25, -0.2) is 28.1 Å². The van der Waals surface area contributed by atoms with E-state index in [1.165, 1.54) is 4.57 Å². The van der Waals surface area contributed by atoms with Gasteiger partial charge in [0.25, 0.3) is 0 Å². The molecule has 0 N–H and O–H groups in total. The molecule has 146 valence electrons. The highest BCUT2D eigenvalue weighted by Crippen LogP contribution is 2.28. The maximum atomic E-state index is 12.7. The maximum absolute atomic E-state index is 12.7. The van der Waals surface area contributed by atoms with Crippen LogP contribution in [-0.4, -0.2) is 39.1 Å². The van der Waals surface area contributed by atoms with Gasteiger partial charge in [0.05, 0.1) is 38.5 Å². The highest BCUT2D eigenvalue weighted by molar-refractivity contribution is 4.85. The van der Waals surface area contributed by atoms with Crippen LogP contribution < -0.4 is 17.1 Å². The normalized spacial score (nSPS) is 21.8. The molecule has 26 heavy (non-hydrogen) atoms. The van der Waals surface area contributed by atoms with Gasteiger partial charge in [0.15, 0.2) is 0 Å². The summed E-state index contributed by atoms with van der Waals surface area (Å²) in [5.74, 6) is 0. The summed E-state index contributed by atoms with van der Waals surface area (Å²) in [6.07, 6.45) is 3.63. The first-order chi connectivity index (χ1) is 12.3. The predicted octanol–water partition coefficient (Wildman–Crippen LogP) is 0.576. The second-order valence-corrected chi connectivity index (χ2v) is 8.15. The van der Waals surface area contributed by atoms with Crippen molar-refractivity contribution < 1.29 is 9.47 Å². The van der Waals surface area contributed by atoms with Crippen LogP contribution in [0.2, 0.25) is 0 Å². The lowest BCUT2D eigenvalue weighted by Gasteiger charge is -2.24. The van der Waals surface area contributed by atoms with E-state index >= 15 is 0 Å². The number of ether oxygens (including phenoxy) is 2. The van der Waals surface area contributed by atoms with Crippen molar-refractivity contribution in [3.05, 3.63) is 31.5 Å². The number of epoxide rings is 2. The summed E-state index contributed by atoms with van der Waals surface area (Å²) in [5, 5.41) is 0. The second kappa shape index (κ2) is 7.52. The fraction of sp³-hybridized carbons (Fsp3) is 0.833. The molecule has 0 aliphatic carbocycles. The van der Waals surface area contributed by atoms with Crippen molar-refractivity contribution in [3.8, 4) is 0 Å². The van der Waals surface area contributed by atoms with Gasteiger partial charge >= 0.3 is 17.1 Å². The molecular weight excluding hydrogens is 338 g/mol. The van der Waals surface area contributed by atoms with E-state index in [0.29, 0.717) is 19.8 Å². The smallest absolute Gasteiger partial charge is 0.336 e. The van der Waals surface area contributed by atoms with Crippen molar-refractivity contribution in [2.75, 3.05) is 13.2 Å². The molecule has 0 bridgehead atoms. The molecule has 3 heterocycles. The molecule has 1 aromatic heterocycles. The Labute approximate surface area is 152 Å². The Morgan fingerprint density at radius 3 is 1.77 bits per heavy atom. The zero-order chi connectivity index (χ0) is 18.9. The molecule has 3 rings (SSSR count). The highest BCUT2D eigenvalue weighted by atomic mass is 16.6. The van der Waals surface area contributed by atoms with Crippen LogP contribution in [0.4, 0.5) is 0 Å². The lowest BCUT2D eigenvalue weighted by molar-refractivity contribution is 0.282. The average molecular weight is 367 g/mol. The van der Waals surface area contributed by atoms with Crippen molar-refractivity contribution in [1.29, 1.82) is 0 Å². The van der Waals surface area contributed by atoms with Gasteiger partial charge in [0, 0.05) is 6.54 Å². The van der Waals surface area contributed by atoms with Crippen molar-refractivity contribution >= 4 is 0 Å². The van der Waals surface area contributed by atoms with Crippen LogP contribution in [0.15, 0.2) is 14.4 Å². The third kappa shape index (κ3) is 4.54. The SMILES string of the molecule is CCCC(C)(C)CCCn1c(=O)n(CC2CO2)c(=O)n(CC2CO2)c1=O. The molecule has 2 fully saturated rings. The third-order valence-corrected chi connectivity index (χ3v) is 5.12. The summed E-state index contributed by atoms with van der Waals surface area (Å²) >= 11 is 0. The summed E-state index contributed by atoms with van der Waals surface area (Å²) in [7, 11) is 0. The molecule has 2 aliphatic heterocycles. The summed E-state index contributed by atoms with van der Waals surface area (Å²) in [4.78, 5) is 38.1. The van der Waals surface area contributed by atoms with Gasteiger partial charge in [-0.2, -0.15) is 0 Å². The fourth-order valence-corrected chi connectivity index (χ4v) is 3.46. The lowest BCUT2D eigenvalue weighted by Crippen LogP contribution is -2.55. The van der Waals surface area contributed by atoms with Crippen LogP contribution in [0.25, 0.3) is 0 Å². The first-order valence-electron chi connectivity index (χ1n) is 9.50. The molecule has 0 aromatic carbocycles. The molecule has 2 saturated heterocycles. The molecule has 0 saturated carbocycles. The molecule has 1 aromatic rings. The molecule has 2 atom stereocenters. The average Bonchev–Trinajstić information content (AvgIpc) is 3.46. The number of aromatic nitrogens is 3. The predicted molar refractivity (Wildman–Crippen MR) is 96.6 cm³/mol. The first-order valence-corrected chi connectivity index (χ1v) is 9.50. The largest absolute Gasteiger partial charge is 0.371 e. The van der Waals surface area contributed by atoms with Gasteiger partial charge in [-0.3, -0.25) is 0 Å². The fourth-order valence-electron chi connectivity index (χ4n) is 3.46. The van der Waals surface area contributed by atoms with Gasteiger partial charge in [0.2, 0.25) is 0 Å². The standard InChI is InChI=1S/C18H29N3O5/c1-4-6-18(2,3)7-5-8-19-15(22)20(9-13-11-25-13)17(24)21(16(19)23)10-14-12-26-14/h13-14H,4-12H2,1-3H3. The summed E-state index contributed by atoms with van der Waals surface area (Å²) in [6, 6.07) is 0. The Kier molecular flexibility index (Phi) is 5.53. The minimum absolute atomic E-state index is 0.111. The van der Waals surface area contributed by atoms with Crippen molar-refractivity contribution in [3.63, 3.8) is 0 Å². The maximum Gasteiger partial charge on any atom is 0.336 e. The molecule has 0 spiro atoms. The topological polar surface area (TPSA) is 91.1 Å². The summed E-state index contributed by atoms with van der Waals surface area (Å²) in [5.41, 5.74) is -1.45. The third-order valence-electron chi connectivity index (χ3n) is 5.12. The van der Waals surface area contributed by atoms with Gasteiger partial charge in [-0.05, 0) is 24.7 Å². The van der Waals surface area contributed by atoms with Crippen molar-refractivity contribution in [1.82, 2.24) is 13.7 Å². The van der Waals surface area contributed by atoms with Gasteiger partial charge < -0.3 is 9.47 Å². The van der Waals surface area contributed by atoms with E-state index in [-0.39, 0.29) is 30.7 Å². The molecule has 8 nitrogen and oxygen atoms in total. The van der Waals surface area contributed by atoms with E-state index in [2.05, 4.69) is 20.8 Å². The number of hydrogen-bond donors (Lipinski definition) is 0. The molecule has 2 aliphatic rings. The minimum atomic E-state index is -0.562. The molecular formula is C18H29N3O5. The van der Waals surface area contributed by atoms with E-state index < -0.39 is 17.1 Å². The monoisotopic (exact) mass is 367 g/mol. The van der Waals surface area contributed by atoms with Gasteiger partial charge in [0.1, 0.15) is 0 Å². The van der Waals surface area contributed by atoms with Gasteiger partial charge in [-0.1, -0.05) is 27.2 Å².